The molecule has 0 saturated heterocycles. The Morgan fingerprint density at radius 2 is 1.83 bits per heavy atom. The molecule has 0 bridgehead atoms. The highest BCUT2D eigenvalue weighted by Crippen LogP contribution is 2.32. The van der Waals surface area contributed by atoms with E-state index in [-0.39, 0.29) is 5.91 Å². The molecular weight excluding hydrogens is 394 g/mol. The average Bonchev–Trinajstić information content (AvgIpc) is 3.42. The summed E-state index contributed by atoms with van der Waals surface area (Å²) in [4.78, 5) is 19.1. The fourth-order valence-electron chi connectivity index (χ4n) is 4.26. The lowest BCUT2D eigenvalue weighted by molar-refractivity contribution is -0.116. The maximum Gasteiger partial charge on any atom is 0.237 e. The van der Waals surface area contributed by atoms with Crippen molar-refractivity contribution in [1.29, 1.82) is 0 Å². The van der Waals surface area contributed by atoms with E-state index in [4.69, 9.17) is 0 Å². The van der Waals surface area contributed by atoms with E-state index < -0.39 is 0 Å². The molecule has 3 aromatic heterocycles. The first kappa shape index (κ1) is 17.4. The zero-order chi connectivity index (χ0) is 20.1. The van der Waals surface area contributed by atoms with Gasteiger partial charge in [0.1, 0.15) is 0 Å². The first-order valence-corrected chi connectivity index (χ1v) is 10.8. The second kappa shape index (κ2) is 6.81. The summed E-state index contributed by atoms with van der Waals surface area (Å²) in [5, 5.41) is 12.7. The molecule has 2 aromatic carbocycles. The van der Waals surface area contributed by atoms with Gasteiger partial charge in [0.25, 0.3) is 0 Å². The van der Waals surface area contributed by atoms with Crippen LogP contribution in [0.2, 0.25) is 0 Å². The third-order valence-corrected chi connectivity index (χ3v) is 6.56. The van der Waals surface area contributed by atoms with E-state index in [0.29, 0.717) is 5.75 Å². The van der Waals surface area contributed by atoms with Crippen molar-refractivity contribution in [2.75, 3.05) is 17.2 Å². The molecule has 0 N–H and O–H groups in total. The minimum atomic E-state index is 0.0935. The minimum Gasteiger partial charge on any atom is -0.311 e. The lowest BCUT2D eigenvalue weighted by Crippen LogP contribution is -2.30. The molecule has 6 rings (SSSR count). The van der Waals surface area contributed by atoms with E-state index >= 15 is 0 Å². The fourth-order valence-corrected chi connectivity index (χ4v) is 5.08. The van der Waals surface area contributed by atoms with Crippen molar-refractivity contribution in [3.8, 4) is 0 Å². The molecule has 30 heavy (non-hydrogen) atoms. The average molecular weight is 411 g/mol. The molecule has 0 aliphatic carbocycles. The van der Waals surface area contributed by atoms with Crippen molar-refractivity contribution in [1.82, 2.24) is 19.6 Å². The quantitative estimate of drug-likeness (QED) is 0.330. The molecule has 0 spiro atoms. The standard InChI is InChI=1S/C23H17N5OS/c29-21(27-12-10-15-5-1-3-7-19(15)27)14-30-23-26-25-22-17-9-11-24-13-18(17)16-6-2-4-8-20(16)28(22)23/h1-9,11,13H,10,12,14H2. The normalized spacial score (nSPS) is 13.4. The molecule has 1 aliphatic rings. The molecule has 6 nitrogen and oxygen atoms in total. The zero-order valence-corrected chi connectivity index (χ0v) is 16.8. The van der Waals surface area contributed by atoms with E-state index in [1.807, 2.05) is 51.9 Å². The smallest absolute Gasteiger partial charge is 0.237 e. The van der Waals surface area contributed by atoms with Crippen LogP contribution in [0, 0.1) is 0 Å². The van der Waals surface area contributed by atoms with Crippen LogP contribution in [0.25, 0.3) is 27.3 Å². The molecule has 7 heteroatoms. The van der Waals surface area contributed by atoms with Crippen molar-refractivity contribution in [3.05, 3.63) is 72.6 Å². The zero-order valence-electron chi connectivity index (χ0n) is 16.0. The van der Waals surface area contributed by atoms with Crippen LogP contribution in [0.3, 0.4) is 0 Å². The van der Waals surface area contributed by atoms with E-state index in [0.717, 1.165) is 51.1 Å². The lowest BCUT2D eigenvalue weighted by atomic mass is 10.1. The molecule has 0 saturated carbocycles. The summed E-state index contributed by atoms with van der Waals surface area (Å²) in [6.45, 7) is 0.736. The van der Waals surface area contributed by atoms with Gasteiger partial charge in [0.15, 0.2) is 10.8 Å². The van der Waals surface area contributed by atoms with E-state index in [1.54, 1.807) is 6.20 Å². The molecule has 146 valence electrons. The van der Waals surface area contributed by atoms with Crippen LogP contribution in [0.5, 0.6) is 0 Å². The number of pyridine rings is 2. The molecule has 1 amide bonds. The maximum atomic E-state index is 13.0. The number of amides is 1. The van der Waals surface area contributed by atoms with Crippen molar-refractivity contribution >= 4 is 50.7 Å². The monoisotopic (exact) mass is 411 g/mol. The number of benzene rings is 2. The SMILES string of the molecule is O=C(CSc1nnc2c3ccncc3c3ccccc3n12)N1CCc2ccccc21. The summed E-state index contributed by atoms with van der Waals surface area (Å²) in [7, 11) is 0. The molecule has 5 aromatic rings. The van der Waals surface area contributed by atoms with Gasteiger partial charge in [0.2, 0.25) is 5.91 Å². The first-order valence-electron chi connectivity index (χ1n) is 9.82. The number of hydrogen-bond acceptors (Lipinski definition) is 5. The Morgan fingerprint density at radius 1 is 0.967 bits per heavy atom. The summed E-state index contributed by atoms with van der Waals surface area (Å²) in [6, 6.07) is 18.2. The minimum absolute atomic E-state index is 0.0935. The molecule has 0 radical (unpaired) electrons. The molecule has 1 aliphatic heterocycles. The molecule has 0 unspecified atom stereocenters. The van der Waals surface area contributed by atoms with E-state index in [1.165, 1.54) is 17.3 Å². The Morgan fingerprint density at radius 3 is 2.80 bits per heavy atom. The number of aromatic nitrogens is 4. The Hall–Kier alpha value is -3.45. The van der Waals surface area contributed by atoms with Crippen molar-refractivity contribution in [3.63, 3.8) is 0 Å². The van der Waals surface area contributed by atoms with Crippen molar-refractivity contribution < 1.29 is 4.79 Å². The second-order valence-electron chi connectivity index (χ2n) is 7.29. The number of fused-ring (bicyclic) bond motifs is 7. The molecular formula is C23H17N5OS. The number of carbonyl (C=O) groups is 1. The molecule has 0 atom stereocenters. The lowest BCUT2D eigenvalue weighted by Gasteiger charge is -2.16. The van der Waals surface area contributed by atoms with Crippen LogP contribution < -0.4 is 4.90 Å². The number of carbonyl (C=O) groups excluding carboxylic acids is 1. The number of nitrogens with zero attached hydrogens (tertiary/aromatic N) is 5. The van der Waals surface area contributed by atoms with Gasteiger partial charge in [-0.3, -0.25) is 14.2 Å². The third kappa shape index (κ3) is 2.59. The Bertz CT molecular complexity index is 1440. The molecule has 4 heterocycles. The predicted molar refractivity (Wildman–Crippen MR) is 119 cm³/mol. The number of thioether (sulfide) groups is 1. The summed E-state index contributed by atoms with van der Waals surface area (Å²) >= 11 is 1.43. The summed E-state index contributed by atoms with van der Waals surface area (Å²) in [5.74, 6) is 0.411. The highest BCUT2D eigenvalue weighted by Gasteiger charge is 2.25. The van der Waals surface area contributed by atoms with Gasteiger partial charge in [-0.2, -0.15) is 0 Å². The number of para-hydroxylation sites is 2. The van der Waals surface area contributed by atoms with Gasteiger partial charge in [-0.25, -0.2) is 0 Å². The largest absolute Gasteiger partial charge is 0.311 e. The highest BCUT2D eigenvalue weighted by molar-refractivity contribution is 7.99. The summed E-state index contributed by atoms with van der Waals surface area (Å²) in [5.41, 5.74) is 4.06. The van der Waals surface area contributed by atoms with Gasteiger partial charge in [0, 0.05) is 40.8 Å². The first-order chi connectivity index (χ1) is 14.8. The third-order valence-electron chi connectivity index (χ3n) is 5.64. The van der Waals surface area contributed by atoms with Crippen molar-refractivity contribution in [2.45, 2.75) is 11.6 Å². The van der Waals surface area contributed by atoms with Crippen LogP contribution in [0.1, 0.15) is 5.56 Å². The van der Waals surface area contributed by atoms with E-state index in [2.05, 4.69) is 33.4 Å². The Kier molecular flexibility index (Phi) is 3.95. The maximum absolute atomic E-state index is 13.0. The van der Waals surface area contributed by atoms with Gasteiger partial charge in [-0.05, 0) is 30.2 Å². The Balaban J connectivity index is 1.39. The van der Waals surface area contributed by atoms with Gasteiger partial charge < -0.3 is 4.90 Å². The molecule has 0 fully saturated rings. The summed E-state index contributed by atoms with van der Waals surface area (Å²) < 4.78 is 2.05. The topological polar surface area (TPSA) is 63.4 Å². The van der Waals surface area contributed by atoms with E-state index in [9.17, 15) is 4.79 Å². The van der Waals surface area contributed by atoms with Gasteiger partial charge in [0.05, 0.1) is 11.3 Å². The summed E-state index contributed by atoms with van der Waals surface area (Å²) in [6.07, 6.45) is 4.55. The van der Waals surface area contributed by atoms with Crippen molar-refractivity contribution in [2.24, 2.45) is 0 Å². The van der Waals surface area contributed by atoms with Gasteiger partial charge in [-0.15, -0.1) is 10.2 Å². The Labute approximate surface area is 176 Å². The van der Waals surface area contributed by atoms with Crippen LogP contribution in [-0.4, -0.2) is 37.8 Å². The van der Waals surface area contributed by atoms with Crippen LogP contribution in [0.4, 0.5) is 5.69 Å². The van der Waals surface area contributed by atoms with Gasteiger partial charge >= 0.3 is 0 Å². The van der Waals surface area contributed by atoms with Crippen LogP contribution in [0.15, 0.2) is 72.1 Å². The second-order valence-corrected chi connectivity index (χ2v) is 8.24. The number of hydrogen-bond donors (Lipinski definition) is 0. The number of anilines is 1. The van der Waals surface area contributed by atoms with Crippen LogP contribution in [-0.2, 0) is 11.2 Å². The van der Waals surface area contributed by atoms with Gasteiger partial charge in [-0.1, -0.05) is 48.2 Å². The number of rotatable bonds is 3. The predicted octanol–water partition coefficient (Wildman–Crippen LogP) is 4.11. The van der Waals surface area contributed by atoms with Crippen LogP contribution >= 0.6 is 11.8 Å². The fraction of sp³-hybridized carbons (Fsp3) is 0.130. The highest BCUT2D eigenvalue weighted by atomic mass is 32.2.